The summed E-state index contributed by atoms with van der Waals surface area (Å²) in [7, 11) is -0.0978. The number of hydrogen-bond acceptors (Lipinski definition) is 4. The molecule has 0 aromatic carbocycles. The number of likely N-dealkylation sites (tertiary alicyclic amines) is 1. The fourth-order valence-electron chi connectivity index (χ4n) is 4.05. The summed E-state index contributed by atoms with van der Waals surface area (Å²) in [6.45, 7) is 4.16. The van der Waals surface area contributed by atoms with Gasteiger partial charge in [-0.25, -0.2) is 8.42 Å². The van der Waals surface area contributed by atoms with Crippen molar-refractivity contribution < 1.29 is 13.2 Å². The van der Waals surface area contributed by atoms with Crippen LogP contribution in [0, 0.1) is 25.7 Å². The normalized spacial score (nSPS) is 28.5. The Labute approximate surface area is 137 Å². The third-order valence-corrected chi connectivity index (χ3v) is 7.57. The van der Waals surface area contributed by atoms with Crippen LogP contribution in [0.1, 0.15) is 30.7 Å². The average molecular weight is 340 g/mol. The molecule has 8 heteroatoms. The minimum atomic E-state index is -3.57. The molecule has 2 aliphatic rings. The number of piperidine rings is 1. The van der Waals surface area contributed by atoms with Gasteiger partial charge in [-0.2, -0.15) is 9.40 Å². The molecular weight excluding hydrogens is 316 g/mol. The van der Waals surface area contributed by atoms with Gasteiger partial charge in [0.05, 0.1) is 11.4 Å². The quantitative estimate of drug-likeness (QED) is 0.886. The van der Waals surface area contributed by atoms with E-state index in [0.717, 1.165) is 19.4 Å². The van der Waals surface area contributed by atoms with Crippen molar-refractivity contribution in [3.63, 3.8) is 0 Å². The highest BCUT2D eigenvalue weighted by Gasteiger charge is 2.44. The van der Waals surface area contributed by atoms with Crippen molar-refractivity contribution in [2.24, 2.45) is 11.8 Å². The Hall–Kier alpha value is -1.41. The van der Waals surface area contributed by atoms with E-state index in [0.29, 0.717) is 29.6 Å². The number of nitrogens with one attached hydrogen (secondary N) is 1. The number of hydrogen-bond donors (Lipinski definition) is 1. The van der Waals surface area contributed by atoms with Crippen LogP contribution in [0.5, 0.6) is 0 Å². The van der Waals surface area contributed by atoms with Crippen LogP contribution in [0.2, 0.25) is 0 Å². The first-order valence-electron chi connectivity index (χ1n) is 7.95. The number of aryl methyl sites for hydroxylation is 2. The van der Waals surface area contributed by atoms with Crippen molar-refractivity contribution in [2.75, 3.05) is 20.6 Å². The van der Waals surface area contributed by atoms with Crippen molar-refractivity contribution >= 4 is 15.9 Å². The lowest BCUT2D eigenvalue weighted by Gasteiger charge is -2.31. The van der Waals surface area contributed by atoms with Crippen LogP contribution in [-0.4, -0.2) is 60.4 Å². The van der Waals surface area contributed by atoms with E-state index in [2.05, 4.69) is 10.2 Å². The topological polar surface area (TPSA) is 86.4 Å². The Morgan fingerprint density at radius 1 is 1.26 bits per heavy atom. The van der Waals surface area contributed by atoms with E-state index in [1.165, 1.54) is 4.31 Å². The first-order valence-corrected chi connectivity index (χ1v) is 9.39. The first-order chi connectivity index (χ1) is 10.7. The van der Waals surface area contributed by atoms with Crippen molar-refractivity contribution in [1.29, 1.82) is 0 Å². The van der Waals surface area contributed by atoms with E-state index in [1.807, 2.05) is 7.05 Å². The summed E-state index contributed by atoms with van der Waals surface area (Å²) in [6, 6.07) is -0.0528. The molecule has 3 rings (SSSR count). The Bertz CT molecular complexity index is 708. The molecule has 1 amide bonds. The van der Waals surface area contributed by atoms with Gasteiger partial charge in [0.25, 0.3) is 0 Å². The summed E-state index contributed by atoms with van der Waals surface area (Å²) in [5.41, 5.74) is 1.07. The Morgan fingerprint density at radius 3 is 2.52 bits per heavy atom. The van der Waals surface area contributed by atoms with E-state index >= 15 is 0 Å². The van der Waals surface area contributed by atoms with E-state index in [1.54, 1.807) is 25.8 Å². The lowest BCUT2D eigenvalue weighted by atomic mass is 9.88. The van der Waals surface area contributed by atoms with Crippen molar-refractivity contribution in [3.8, 4) is 0 Å². The molecule has 23 heavy (non-hydrogen) atoms. The molecule has 1 saturated carbocycles. The van der Waals surface area contributed by atoms with Crippen LogP contribution >= 0.6 is 0 Å². The summed E-state index contributed by atoms with van der Waals surface area (Å²) in [5, 5.41) is 6.74. The highest BCUT2D eigenvalue weighted by atomic mass is 32.2. The van der Waals surface area contributed by atoms with Crippen molar-refractivity contribution in [1.82, 2.24) is 19.4 Å². The number of aromatic amines is 1. The summed E-state index contributed by atoms with van der Waals surface area (Å²) in [5.74, 6) is 0.860. The standard InChI is InChI=1S/C15H24N4O3S/c1-9-15(10(2)17-16-9)23(21,22)19(4)13-5-11-7-14(20)18(3)8-12(11)6-13/h11-13H,5-8H2,1-4H3,(H,16,17)/t11-,12+,13-/m0/s1. The highest BCUT2D eigenvalue weighted by Crippen LogP contribution is 2.41. The number of rotatable bonds is 3. The fourth-order valence-corrected chi connectivity index (χ4v) is 5.75. The molecule has 0 bridgehead atoms. The second-order valence-corrected chi connectivity index (χ2v) is 8.84. The molecule has 0 unspecified atom stereocenters. The number of amides is 1. The van der Waals surface area contributed by atoms with Gasteiger partial charge in [0.15, 0.2) is 0 Å². The average Bonchev–Trinajstić information content (AvgIpc) is 3.02. The Kier molecular flexibility index (Phi) is 4.00. The summed E-state index contributed by atoms with van der Waals surface area (Å²) in [4.78, 5) is 13.9. The largest absolute Gasteiger partial charge is 0.345 e. The minimum Gasteiger partial charge on any atom is -0.345 e. The Morgan fingerprint density at radius 2 is 1.91 bits per heavy atom. The lowest BCUT2D eigenvalue weighted by Crippen LogP contribution is -2.40. The molecule has 1 aliphatic carbocycles. The molecular formula is C15H24N4O3S. The van der Waals surface area contributed by atoms with E-state index < -0.39 is 10.0 Å². The highest BCUT2D eigenvalue weighted by molar-refractivity contribution is 7.89. The zero-order valence-corrected chi connectivity index (χ0v) is 14.9. The second-order valence-electron chi connectivity index (χ2n) is 6.91. The van der Waals surface area contributed by atoms with Gasteiger partial charge >= 0.3 is 0 Å². The zero-order chi connectivity index (χ0) is 16.9. The number of nitrogens with zero attached hydrogens (tertiary/aromatic N) is 3. The predicted octanol–water partition coefficient (Wildman–Crippen LogP) is 0.904. The van der Waals surface area contributed by atoms with Gasteiger partial charge in [-0.15, -0.1) is 0 Å². The minimum absolute atomic E-state index is 0.0528. The van der Waals surface area contributed by atoms with Gasteiger partial charge in [0.1, 0.15) is 4.90 Å². The van der Waals surface area contributed by atoms with Gasteiger partial charge in [-0.3, -0.25) is 9.89 Å². The molecule has 1 aromatic heterocycles. The molecule has 1 aliphatic heterocycles. The number of carbonyl (C=O) groups excluding carboxylic acids is 1. The van der Waals surface area contributed by atoms with Crippen LogP contribution in [0.15, 0.2) is 4.90 Å². The first kappa shape index (κ1) is 16.4. The molecule has 7 nitrogen and oxygen atoms in total. The summed E-state index contributed by atoms with van der Waals surface area (Å²) >= 11 is 0. The smallest absolute Gasteiger partial charge is 0.246 e. The van der Waals surface area contributed by atoms with Gasteiger partial charge in [0, 0.05) is 33.1 Å². The van der Waals surface area contributed by atoms with Crippen LogP contribution in [0.25, 0.3) is 0 Å². The molecule has 0 spiro atoms. The number of fused-ring (bicyclic) bond motifs is 1. The number of H-pyrrole nitrogens is 1. The fraction of sp³-hybridized carbons (Fsp3) is 0.733. The monoisotopic (exact) mass is 340 g/mol. The van der Waals surface area contributed by atoms with Gasteiger partial charge in [-0.05, 0) is 38.5 Å². The van der Waals surface area contributed by atoms with Crippen LogP contribution in [0.4, 0.5) is 0 Å². The lowest BCUT2D eigenvalue weighted by molar-refractivity contribution is -0.134. The van der Waals surface area contributed by atoms with Gasteiger partial charge in [-0.1, -0.05) is 0 Å². The molecule has 1 saturated heterocycles. The van der Waals surface area contributed by atoms with Crippen molar-refractivity contribution in [3.05, 3.63) is 11.4 Å². The van der Waals surface area contributed by atoms with E-state index in [4.69, 9.17) is 0 Å². The molecule has 3 atom stereocenters. The second kappa shape index (κ2) is 5.59. The van der Waals surface area contributed by atoms with E-state index in [-0.39, 0.29) is 16.8 Å². The molecule has 2 fully saturated rings. The third kappa shape index (κ3) is 2.67. The Balaban J connectivity index is 1.82. The SMILES string of the molecule is Cc1n[nH]c(C)c1S(=O)(=O)N(C)[C@H]1C[C@H]2CC(=O)N(C)C[C@H]2C1. The molecule has 0 radical (unpaired) electrons. The van der Waals surface area contributed by atoms with Crippen LogP contribution < -0.4 is 0 Å². The maximum absolute atomic E-state index is 12.9. The molecule has 1 aromatic rings. The van der Waals surface area contributed by atoms with Crippen molar-refractivity contribution in [2.45, 2.75) is 44.0 Å². The molecule has 1 N–H and O–H groups in total. The van der Waals surface area contributed by atoms with Crippen LogP contribution in [-0.2, 0) is 14.8 Å². The third-order valence-electron chi connectivity index (χ3n) is 5.40. The summed E-state index contributed by atoms with van der Waals surface area (Å²) < 4.78 is 27.4. The number of sulfonamides is 1. The number of aromatic nitrogens is 2. The molecule has 128 valence electrons. The van der Waals surface area contributed by atoms with Gasteiger partial charge in [0.2, 0.25) is 15.9 Å². The van der Waals surface area contributed by atoms with Gasteiger partial charge < -0.3 is 4.90 Å². The van der Waals surface area contributed by atoms with E-state index in [9.17, 15) is 13.2 Å². The maximum Gasteiger partial charge on any atom is 0.246 e. The predicted molar refractivity (Wildman–Crippen MR) is 85.3 cm³/mol. The van der Waals surface area contributed by atoms with Crippen LogP contribution in [0.3, 0.4) is 0 Å². The summed E-state index contributed by atoms with van der Waals surface area (Å²) in [6.07, 6.45) is 2.11. The molecule has 2 heterocycles. The maximum atomic E-state index is 12.9. The number of carbonyl (C=O) groups is 1. The zero-order valence-electron chi connectivity index (χ0n) is 14.0.